The highest BCUT2D eigenvalue weighted by molar-refractivity contribution is 5.85. The van der Waals surface area contributed by atoms with Gasteiger partial charge >= 0.3 is 0 Å². The van der Waals surface area contributed by atoms with E-state index in [1.807, 2.05) is 0 Å². The molecule has 0 aliphatic carbocycles. The first-order chi connectivity index (χ1) is 8.43. The molecule has 0 spiro atoms. The summed E-state index contributed by atoms with van der Waals surface area (Å²) in [4.78, 5) is 5.50. The maximum atomic E-state index is 4.01. The van der Waals surface area contributed by atoms with E-state index in [9.17, 15) is 0 Å². The van der Waals surface area contributed by atoms with Gasteiger partial charge in [0.25, 0.3) is 0 Å². The smallest absolute Gasteiger partial charge is 0.139 e. The van der Waals surface area contributed by atoms with Gasteiger partial charge < -0.3 is 5.43 Å². The first-order valence-corrected chi connectivity index (χ1v) is 5.48. The van der Waals surface area contributed by atoms with Crippen molar-refractivity contribution in [2.24, 2.45) is 0 Å². The van der Waals surface area contributed by atoms with Crippen molar-refractivity contribution in [3.05, 3.63) is 60.7 Å². The monoisotopic (exact) mass is 224 g/mol. The van der Waals surface area contributed by atoms with Gasteiger partial charge in [-0.3, -0.25) is 0 Å². The topological polar surface area (TPSA) is 42.7 Å². The summed E-state index contributed by atoms with van der Waals surface area (Å²) >= 11 is 0. The molecule has 0 aliphatic rings. The van der Waals surface area contributed by atoms with Gasteiger partial charge in [0, 0.05) is 0 Å². The first kappa shape index (κ1) is 9.84. The second kappa shape index (κ2) is 4.25. The lowest BCUT2D eigenvalue weighted by Gasteiger charge is -2.08. The lowest BCUT2D eigenvalue weighted by Crippen LogP contribution is -2.14. The van der Waals surface area contributed by atoms with E-state index in [1.165, 1.54) is 22.7 Å². The normalized spacial score (nSPS) is 10.6. The minimum Gasteiger partial charge on any atom is -0.304 e. The predicted molar refractivity (Wildman–Crippen MR) is 67.0 cm³/mol. The molecule has 0 amide bonds. The lowest BCUT2D eigenvalue weighted by atomic mass is 10.1. The van der Waals surface area contributed by atoms with Gasteiger partial charge in [0.15, 0.2) is 0 Å². The van der Waals surface area contributed by atoms with Gasteiger partial charge in [-0.2, -0.15) is 4.79 Å². The van der Waals surface area contributed by atoms with Crippen LogP contribution in [0.5, 0.6) is 0 Å². The third-order valence-corrected chi connectivity index (χ3v) is 2.73. The largest absolute Gasteiger partial charge is 0.304 e. The third-order valence-electron chi connectivity index (χ3n) is 2.73. The number of nitrogens with zero attached hydrogens (tertiary/aromatic N) is 3. The molecular weight excluding hydrogens is 212 g/mol. The summed E-state index contributed by atoms with van der Waals surface area (Å²) < 4.78 is 0. The molecule has 84 valence electrons. The van der Waals surface area contributed by atoms with Crippen LogP contribution in [0.4, 0.5) is 0 Å². The molecule has 0 saturated heterocycles. The molecule has 1 heterocycles. The summed E-state index contributed by atoms with van der Waals surface area (Å²) in [6.07, 6.45) is 3.15. The Balaban J connectivity index is 1.90. The van der Waals surface area contributed by atoms with Crippen LogP contribution in [-0.4, -0.2) is 14.9 Å². The van der Waals surface area contributed by atoms with Crippen LogP contribution in [0.2, 0.25) is 0 Å². The number of aromatic nitrogens is 3. The Morgan fingerprint density at radius 1 is 1.06 bits per heavy atom. The summed E-state index contributed by atoms with van der Waals surface area (Å²) in [5, 5.41) is 6.53. The number of benzene rings is 2. The van der Waals surface area contributed by atoms with Gasteiger partial charge in [-0.05, 0) is 16.3 Å². The second-order valence-corrected chi connectivity index (χ2v) is 3.81. The van der Waals surface area contributed by atoms with Crippen LogP contribution >= 0.6 is 0 Å². The average molecular weight is 224 g/mol. The quantitative estimate of drug-likeness (QED) is 0.741. The fraction of sp³-hybridized carbons (Fsp3) is 0.0769. The molecule has 0 radical (unpaired) electrons. The summed E-state index contributed by atoms with van der Waals surface area (Å²) in [5.41, 5.74) is 4.42. The minimum absolute atomic E-state index is 0.727. The number of hydrogen-bond donors (Lipinski definition) is 1. The van der Waals surface area contributed by atoms with E-state index in [4.69, 9.17) is 0 Å². The molecule has 0 atom stereocenters. The maximum Gasteiger partial charge on any atom is 0.139 e. The van der Waals surface area contributed by atoms with Gasteiger partial charge in [-0.1, -0.05) is 42.5 Å². The third kappa shape index (κ3) is 1.97. The second-order valence-electron chi connectivity index (χ2n) is 3.81. The van der Waals surface area contributed by atoms with E-state index in [-0.39, 0.29) is 0 Å². The Bertz CT molecular complexity index is 611. The zero-order valence-corrected chi connectivity index (χ0v) is 9.24. The summed E-state index contributed by atoms with van der Waals surface area (Å²) in [7, 11) is 0. The predicted octanol–water partition coefficient (Wildman–Crippen LogP) is 2.17. The van der Waals surface area contributed by atoms with Crippen LogP contribution in [0.3, 0.4) is 0 Å². The molecule has 0 saturated carbocycles. The summed E-state index contributed by atoms with van der Waals surface area (Å²) in [6, 6.07) is 14.7. The molecule has 4 heteroatoms. The van der Waals surface area contributed by atoms with Gasteiger partial charge in [0.2, 0.25) is 0 Å². The Morgan fingerprint density at radius 2 is 1.94 bits per heavy atom. The van der Waals surface area contributed by atoms with E-state index >= 15 is 0 Å². The number of hydrogen-bond acceptors (Lipinski definition) is 3. The molecule has 1 aromatic heterocycles. The standard InChI is InChI=1S/C13H12N4/c1-2-7-13-11(4-1)5-3-6-12(13)8-15-17-10-14-9-16-17/h1-7,9-10,15H,8H2. The summed E-state index contributed by atoms with van der Waals surface area (Å²) in [6.45, 7) is 0.727. The number of nitrogens with one attached hydrogen (secondary N) is 1. The highest BCUT2D eigenvalue weighted by atomic mass is 15.6. The van der Waals surface area contributed by atoms with E-state index in [1.54, 1.807) is 11.1 Å². The van der Waals surface area contributed by atoms with E-state index in [0.29, 0.717) is 0 Å². The molecule has 0 unspecified atom stereocenters. The molecule has 1 N–H and O–H groups in total. The van der Waals surface area contributed by atoms with Gasteiger partial charge in [-0.25, -0.2) is 4.98 Å². The van der Waals surface area contributed by atoms with Crippen LogP contribution in [0.15, 0.2) is 55.1 Å². The summed E-state index contributed by atoms with van der Waals surface area (Å²) in [5.74, 6) is 0. The van der Waals surface area contributed by atoms with Gasteiger partial charge in [0.1, 0.15) is 12.7 Å². The minimum atomic E-state index is 0.727. The van der Waals surface area contributed by atoms with E-state index < -0.39 is 0 Å². The highest BCUT2D eigenvalue weighted by Gasteiger charge is 1.99. The van der Waals surface area contributed by atoms with Crippen molar-refractivity contribution in [1.29, 1.82) is 0 Å². The highest BCUT2D eigenvalue weighted by Crippen LogP contribution is 2.18. The van der Waals surface area contributed by atoms with Crippen LogP contribution in [-0.2, 0) is 6.54 Å². The lowest BCUT2D eigenvalue weighted by molar-refractivity contribution is 0.731. The van der Waals surface area contributed by atoms with Crippen molar-refractivity contribution in [1.82, 2.24) is 14.9 Å². The molecule has 17 heavy (non-hydrogen) atoms. The SMILES string of the molecule is c1ccc2c(CNn3cncn3)cccc2c1. The van der Waals surface area contributed by atoms with Crippen molar-refractivity contribution in [2.75, 3.05) is 5.43 Å². The van der Waals surface area contributed by atoms with Crippen molar-refractivity contribution < 1.29 is 0 Å². The van der Waals surface area contributed by atoms with Crippen LogP contribution < -0.4 is 5.43 Å². The van der Waals surface area contributed by atoms with Crippen LogP contribution in [0.1, 0.15) is 5.56 Å². The van der Waals surface area contributed by atoms with Gasteiger partial charge in [0.05, 0.1) is 6.54 Å². The van der Waals surface area contributed by atoms with E-state index in [2.05, 4.69) is 58.0 Å². The van der Waals surface area contributed by atoms with Crippen molar-refractivity contribution >= 4 is 10.8 Å². The first-order valence-electron chi connectivity index (χ1n) is 5.48. The average Bonchev–Trinajstić information content (AvgIpc) is 2.89. The fourth-order valence-electron chi connectivity index (χ4n) is 1.90. The Morgan fingerprint density at radius 3 is 2.82 bits per heavy atom. The van der Waals surface area contributed by atoms with Crippen molar-refractivity contribution in [2.45, 2.75) is 6.54 Å². The maximum absolute atomic E-state index is 4.01. The van der Waals surface area contributed by atoms with Crippen molar-refractivity contribution in [3.8, 4) is 0 Å². The Labute approximate surface area is 98.9 Å². The molecule has 4 nitrogen and oxygen atoms in total. The van der Waals surface area contributed by atoms with Crippen LogP contribution in [0, 0.1) is 0 Å². The van der Waals surface area contributed by atoms with Gasteiger partial charge in [-0.15, -0.1) is 5.10 Å². The van der Waals surface area contributed by atoms with Crippen molar-refractivity contribution in [3.63, 3.8) is 0 Å². The number of fused-ring (bicyclic) bond motifs is 1. The molecule has 0 fully saturated rings. The fourth-order valence-corrected chi connectivity index (χ4v) is 1.90. The number of rotatable bonds is 3. The molecule has 2 aromatic carbocycles. The van der Waals surface area contributed by atoms with E-state index in [0.717, 1.165) is 6.54 Å². The zero-order chi connectivity index (χ0) is 11.5. The molecule has 3 rings (SSSR count). The molecule has 0 bridgehead atoms. The molecular formula is C13H12N4. The van der Waals surface area contributed by atoms with Crippen LogP contribution in [0.25, 0.3) is 10.8 Å². The zero-order valence-electron chi connectivity index (χ0n) is 9.24. The Hall–Kier alpha value is -2.36. The molecule has 0 aliphatic heterocycles. The molecule has 3 aromatic rings. The Kier molecular flexibility index (Phi) is 2.46.